The Morgan fingerprint density at radius 1 is 1.03 bits per heavy atom. The van der Waals surface area contributed by atoms with Crippen LogP contribution in [0.1, 0.15) is 44.2 Å². The summed E-state index contributed by atoms with van der Waals surface area (Å²) in [5.41, 5.74) is 2.67. The van der Waals surface area contributed by atoms with Crippen LogP contribution >= 0.6 is 0 Å². The van der Waals surface area contributed by atoms with Crippen molar-refractivity contribution in [3.63, 3.8) is 0 Å². The zero-order chi connectivity index (χ0) is 24.9. The van der Waals surface area contributed by atoms with Crippen LogP contribution in [0.15, 0.2) is 48.5 Å². The van der Waals surface area contributed by atoms with Crippen LogP contribution in [-0.2, 0) is 14.3 Å². The summed E-state index contributed by atoms with van der Waals surface area (Å²) in [4.78, 5) is 36.6. The first-order valence-electron chi connectivity index (χ1n) is 11.4. The number of nitrogens with one attached hydrogen (secondary N) is 2. The van der Waals surface area contributed by atoms with Crippen molar-refractivity contribution in [2.45, 2.75) is 38.6 Å². The third-order valence-electron chi connectivity index (χ3n) is 6.15. The Hall–Kier alpha value is -3.39. The Morgan fingerprint density at radius 2 is 1.59 bits per heavy atom. The monoisotopic (exact) mass is 468 g/mol. The number of aliphatic carboxylic acids is 1. The molecule has 0 aromatic heterocycles. The molecule has 2 atom stereocenters. The predicted octanol–water partition coefficient (Wildman–Crippen LogP) is 3.14. The molecule has 1 aliphatic carbocycles. The second kappa shape index (κ2) is 10.7. The summed E-state index contributed by atoms with van der Waals surface area (Å²) in [6.45, 7) is 4.48. The van der Waals surface area contributed by atoms with Gasteiger partial charge in [0.25, 0.3) is 0 Å². The molecule has 0 fully saturated rings. The SMILES string of the molecule is CC(C)CC(CNC(=O)OCC1c2ccccc2-c2ccccc21)C(=O)NC(C)(CO)C(=O)O. The van der Waals surface area contributed by atoms with E-state index in [2.05, 4.69) is 22.8 Å². The lowest BCUT2D eigenvalue weighted by Crippen LogP contribution is -2.57. The van der Waals surface area contributed by atoms with E-state index in [1.807, 2.05) is 50.2 Å². The minimum absolute atomic E-state index is 0.0121. The van der Waals surface area contributed by atoms with Gasteiger partial charge in [-0.2, -0.15) is 0 Å². The summed E-state index contributed by atoms with van der Waals surface area (Å²) in [7, 11) is 0. The molecule has 0 radical (unpaired) electrons. The molecular formula is C26H32N2O6. The van der Waals surface area contributed by atoms with Gasteiger partial charge in [-0.1, -0.05) is 62.4 Å². The Kier molecular flexibility index (Phi) is 7.94. The molecule has 0 saturated carbocycles. The standard InChI is InChI=1S/C26H32N2O6/c1-16(2)12-17(23(30)28-26(3,15-29)24(31)32)13-27-25(33)34-14-22-20-10-6-4-8-18(20)19-9-5-7-11-21(19)22/h4-11,16-17,22,29H,12-15H2,1-3H3,(H,27,33)(H,28,30)(H,31,32). The van der Waals surface area contributed by atoms with Crippen LogP contribution in [0.3, 0.4) is 0 Å². The van der Waals surface area contributed by atoms with Gasteiger partial charge >= 0.3 is 12.1 Å². The molecule has 0 aliphatic heterocycles. The van der Waals surface area contributed by atoms with Gasteiger partial charge in [0.1, 0.15) is 6.61 Å². The molecule has 0 heterocycles. The Bertz CT molecular complexity index is 1010. The van der Waals surface area contributed by atoms with Crippen molar-refractivity contribution >= 4 is 18.0 Å². The second-order valence-electron chi connectivity index (χ2n) is 9.32. The minimum Gasteiger partial charge on any atom is -0.479 e. The van der Waals surface area contributed by atoms with E-state index in [1.54, 1.807) is 0 Å². The maximum atomic E-state index is 12.7. The van der Waals surface area contributed by atoms with Crippen molar-refractivity contribution in [2.24, 2.45) is 11.8 Å². The van der Waals surface area contributed by atoms with Gasteiger partial charge in [-0.25, -0.2) is 9.59 Å². The summed E-state index contributed by atoms with van der Waals surface area (Å²) >= 11 is 0. The van der Waals surface area contributed by atoms with Crippen LogP contribution in [0, 0.1) is 11.8 Å². The lowest BCUT2D eigenvalue weighted by atomic mass is 9.94. The fourth-order valence-electron chi connectivity index (χ4n) is 4.24. The van der Waals surface area contributed by atoms with E-state index in [9.17, 15) is 24.6 Å². The van der Waals surface area contributed by atoms with Gasteiger partial charge in [0.05, 0.1) is 12.5 Å². The molecule has 3 rings (SSSR count). The number of carboxylic acids is 1. The largest absolute Gasteiger partial charge is 0.479 e. The van der Waals surface area contributed by atoms with Crippen LogP contribution < -0.4 is 10.6 Å². The Morgan fingerprint density at radius 3 is 2.09 bits per heavy atom. The second-order valence-corrected chi connectivity index (χ2v) is 9.32. The first kappa shape index (κ1) is 25.2. The normalized spacial score (nSPS) is 15.1. The van der Waals surface area contributed by atoms with Gasteiger partial charge in [-0.15, -0.1) is 0 Å². The molecule has 1 aliphatic rings. The van der Waals surface area contributed by atoms with E-state index in [0.29, 0.717) is 6.42 Å². The zero-order valence-corrected chi connectivity index (χ0v) is 19.7. The molecule has 0 saturated heterocycles. The third-order valence-corrected chi connectivity index (χ3v) is 6.15. The van der Waals surface area contributed by atoms with Crippen molar-refractivity contribution < 1.29 is 29.3 Å². The highest BCUT2D eigenvalue weighted by Gasteiger charge is 2.36. The first-order chi connectivity index (χ1) is 16.2. The van der Waals surface area contributed by atoms with E-state index < -0.39 is 36.0 Å². The van der Waals surface area contributed by atoms with E-state index in [1.165, 1.54) is 6.92 Å². The fraction of sp³-hybridized carbons (Fsp3) is 0.423. The van der Waals surface area contributed by atoms with Crippen LogP contribution in [-0.4, -0.2) is 53.5 Å². The van der Waals surface area contributed by atoms with Gasteiger partial charge in [0.15, 0.2) is 5.54 Å². The maximum Gasteiger partial charge on any atom is 0.407 e. The summed E-state index contributed by atoms with van der Waals surface area (Å²) in [6.07, 6.45) is -0.219. The number of amides is 2. The molecule has 8 nitrogen and oxygen atoms in total. The van der Waals surface area contributed by atoms with Crippen molar-refractivity contribution in [1.29, 1.82) is 0 Å². The van der Waals surface area contributed by atoms with Crippen LogP contribution in [0.25, 0.3) is 11.1 Å². The maximum absolute atomic E-state index is 12.7. The van der Waals surface area contributed by atoms with Gasteiger partial charge in [-0.3, -0.25) is 4.79 Å². The van der Waals surface area contributed by atoms with Gasteiger partial charge in [-0.05, 0) is 41.5 Å². The van der Waals surface area contributed by atoms with Gasteiger partial charge in [0, 0.05) is 12.5 Å². The summed E-state index contributed by atoms with van der Waals surface area (Å²) in [5.74, 6) is -2.51. The zero-order valence-electron chi connectivity index (χ0n) is 19.7. The number of aliphatic hydroxyl groups is 1. The molecule has 2 aromatic carbocycles. The topological polar surface area (TPSA) is 125 Å². The molecular weight excluding hydrogens is 436 g/mol. The Labute approximate surface area is 199 Å². The number of aliphatic hydroxyl groups excluding tert-OH is 1. The fourth-order valence-corrected chi connectivity index (χ4v) is 4.24. The number of carbonyl (C=O) groups excluding carboxylic acids is 2. The van der Waals surface area contributed by atoms with Crippen molar-refractivity contribution in [1.82, 2.24) is 10.6 Å². The lowest BCUT2D eigenvalue weighted by Gasteiger charge is -2.27. The molecule has 2 unspecified atom stereocenters. The number of rotatable bonds is 10. The predicted molar refractivity (Wildman–Crippen MR) is 127 cm³/mol. The van der Waals surface area contributed by atoms with E-state index in [-0.39, 0.29) is 25.0 Å². The number of alkyl carbamates (subject to hydrolysis) is 1. The molecule has 4 N–H and O–H groups in total. The van der Waals surface area contributed by atoms with Crippen molar-refractivity contribution in [2.75, 3.05) is 19.8 Å². The molecule has 0 bridgehead atoms. The lowest BCUT2D eigenvalue weighted by molar-refractivity contribution is -0.149. The number of carboxylic acid groups (broad SMARTS) is 1. The van der Waals surface area contributed by atoms with E-state index in [4.69, 9.17) is 4.74 Å². The first-order valence-corrected chi connectivity index (χ1v) is 11.4. The molecule has 182 valence electrons. The van der Waals surface area contributed by atoms with Crippen LogP contribution in [0.4, 0.5) is 4.79 Å². The highest BCUT2D eigenvalue weighted by molar-refractivity contribution is 5.88. The van der Waals surface area contributed by atoms with E-state index in [0.717, 1.165) is 22.3 Å². The average Bonchev–Trinajstić information content (AvgIpc) is 3.13. The molecule has 2 aromatic rings. The number of carbonyl (C=O) groups is 3. The number of hydrogen-bond acceptors (Lipinski definition) is 5. The highest BCUT2D eigenvalue weighted by Crippen LogP contribution is 2.44. The van der Waals surface area contributed by atoms with Crippen molar-refractivity contribution in [3.8, 4) is 11.1 Å². The third kappa shape index (κ3) is 5.56. The molecule has 8 heteroatoms. The van der Waals surface area contributed by atoms with Crippen LogP contribution in [0.5, 0.6) is 0 Å². The summed E-state index contributed by atoms with van der Waals surface area (Å²) in [5, 5.41) is 23.8. The number of ether oxygens (including phenoxy) is 1. The van der Waals surface area contributed by atoms with Gasteiger partial charge < -0.3 is 25.6 Å². The average molecular weight is 469 g/mol. The smallest absolute Gasteiger partial charge is 0.407 e. The molecule has 2 amide bonds. The highest BCUT2D eigenvalue weighted by atomic mass is 16.5. The summed E-state index contributed by atoms with van der Waals surface area (Å²) < 4.78 is 5.52. The molecule has 0 spiro atoms. The molecule has 34 heavy (non-hydrogen) atoms. The number of benzene rings is 2. The number of hydrogen-bond donors (Lipinski definition) is 4. The van der Waals surface area contributed by atoms with Crippen LogP contribution in [0.2, 0.25) is 0 Å². The Balaban J connectivity index is 1.61. The minimum atomic E-state index is -1.80. The van der Waals surface area contributed by atoms with E-state index >= 15 is 0 Å². The quantitative estimate of drug-likeness (QED) is 0.425. The number of fused-ring (bicyclic) bond motifs is 3. The summed E-state index contributed by atoms with van der Waals surface area (Å²) in [6, 6.07) is 16.1. The van der Waals surface area contributed by atoms with Crippen molar-refractivity contribution in [3.05, 3.63) is 59.7 Å². The van der Waals surface area contributed by atoms with Gasteiger partial charge in [0.2, 0.25) is 5.91 Å².